The van der Waals surface area contributed by atoms with E-state index in [0.717, 1.165) is 4.90 Å². The van der Waals surface area contributed by atoms with Crippen molar-refractivity contribution in [2.45, 2.75) is 20.8 Å². The van der Waals surface area contributed by atoms with Crippen molar-refractivity contribution < 1.29 is 14.4 Å². The minimum absolute atomic E-state index is 0.00588. The second kappa shape index (κ2) is 9.81. The normalized spacial score (nSPS) is 7.58. The monoisotopic (exact) mass is 173 g/mol. The highest BCUT2D eigenvalue weighted by atomic mass is 16.2. The van der Waals surface area contributed by atoms with Crippen molar-refractivity contribution in [1.29, 1.82) is 0 Å². The Morgan fingerprint density at radius 2 is 1.50 bits per heavy atom. The highest BCUT2D eigenvalue weighted by molar-refractivity contribution is 5.78. The van der Waals surface area contributed by atoms with Crippen molar-refractivity contribution in [1.82, 2.24) is 4.90 Å². The summed E-state index contributed by atoms with van der Waals surface area (Å²) in [6.45, 7) is 5.30. The third kappa shape index (κ3) is 6.92. The van der Waals surface area contributed by atoms with Crippen LogP contribution in [0.3, 0.4) is 0 Å². The van der Waals surface area contributed by atoms with Crippen LogP contribution in [0, 0.1) is 0 Å². The van der Waals surface area contributed by atoms with E-state index >= 15 is 0 Å². The van der Waals surface area contributed by atoms with Gasteiger partial charge in [-0.15, -0.1) is 0 Å². The molecule has 0 rings (SSSR count). The van der Waals surface area contributed by atoms with Gasteiger partial charge in [0.2, 0.25) is 5.91 Å². The first-order valence-corrected chi connectivity index (χ1v) is 3.85. The van der Waals surface area contributed by atoms with Gasteiger partial charge >= 0.3 is 0 Å². The number of nitrogens with zero attached hydrogens (tertiary/aromatic N) is 1. The number of rotatable bonds is 4. The fourth-order valence-corrected chi connectivity index (χ4v) is 0.512. The molecule has 0 fully saturated rings. The van der Waals surface area contributed by atoms with Crippen molar-refractivity contribution in [3.63, 3.8) is 0 Å². The third-order valence-electron chi connectivity index (χ3n) is 1.04. The molecule has 0 bridgehead atoms. The molecule has 0 aliphatic carbocycles. The van der Waals surface area contributed by atoms with Gasteiger partial charge in [-0.3, -0.25) is 4.79 Å². The fourth-order valence-electron chi connectivity index (χ4n) is 0.512. The molecule has 0 spiro atoms. The molecule has 0 aliphatic rings. The summed E-state index contributed by atoms with van der Waals surface area (Å²) in [5, 5.41) is 0. The van der Waals surface area contributed by atoms with E-state index in [-0.39, 0.29) is 19.0 Å². The smallest absolute Gasteiger partial charge is 0.220 e. The van der Waals surface area contributed by atoms with Crippen molar-refractivity contribution in [2.75, 3.05) is 13.1 Å². The number of carbonyl (C=O) groups excluding carboxylic acids is 3. The largest absolute Gasteiger partial charge is 0.329 e. The summed E-state index contributed by atoms with van der Waals surface area (Å²) in [7, 11) is 0. The van der Waals surface area contributed by atoms with Crippen molar-refractivity contribution in [3.05, 3.63) is 0 Å². The SMILES string of the molecule is CC.CC(=O)N(CC=O)CC=O. The number of hydrogen-bond donors (Lipinski definition) is 0. The summed E-state index contributed by atoms with van der Waals surface area (Å²) in [4.78, 5) is 31.5. The quantitative estimate of drug-likeness (QED) is 0.573. The van der Waals surface area contributed by atoms with E-state index in [1.54, 1.807) is 0 Å². The molecule has 70 valence electrons. The first-order valence-electron chi connectivity index (χ1n) is 3.85. The lowest BCUT2D eigenvalue weighted by atomic mass is 10.5. The van der Waals surface area contributed by atoms with Crippen LogP contribution in [-0.4, -0.2) is 36.5 Å². The van der Waals surface area contributed by atoms with Gasteiger partial charge in [-0.25, -0.2) is 0 Å². The Morgan fingerprint density at radius 3 is 1.67 bits per heavy atom. The van der Waals surface area contributed by atoms with Gasteiger partial charge in [0.25, 0.3) is 0 Å². The highest BCUT2D eigenvalue weighted by Crippen LogP contribution is 1.83. The summed E-state index contributed by atoms with van der Waals surface area (Å²) in [5.74, 6) is -0.265. The topological polar surface area (TPSA) is 54.5 Å². The minimum Gasteiger partial charge on any atom is -0.329 e. The summed E-state index contributed by atoms with van der Waals surface area (Å²) in [6.07, 6.45) is 1.18. The third-order valence-corrected chi connectivity index (χ3v) is 1.04. The lowest BCUT2D eigenvalue weighted by Gasteiger charge is -2.13. The van der Waals surface area contributed by atoms with Crippen molar-refractivity contribution >= 4 is 18.5 Å². The average Bonchev–Trinajstić information content (AvgIpc) is 2.08. The second-order valence-corrected chi connectivity index (χ2v) is 1.76. The zero-order valence-electron chi connectivity index (χ0n) is 7.74. The Labute approximate surface area is 72.5 Å². The Balaban J connectivity index is 0. The van der Waals surface area contributed by atoms with Crippen LogP contribution in [0.1, 0.15) is 20.8 Å². The number of hydrogen-bond acceptors (Lipinski definition) is 3. The van der Waals surface area contributed by atoms with Crippen molar-refractivity contribution in [2.24, 2.45) is 0 Å². The minimum atomic E-state index is -0.265. The Bertz CT molecular complexity index is 135. The summed E-state index contributed by atoms with van der Waals surface area (Å²) < 4.78 is 0. The molecule has 0 N–H and O–H groups in total. The van der Waals surface area contributed by atoms with E-state index in [1.165, 1.54) is 6.92 Å². The van der Waals surface area contributed by atoms with Crippen LogP contribution >= 0.6 is 0 Å². The van der Waals surface area contributed by atoms with E-state index in [9.17, 15) is 14.4 Å². The number of amides is 1. The molecule has 0 saturated heterocycles. The maximum absolute atomic E-state index is 10.5. The predicted octanol–water partition coefficient (Wildman–Crippen LogP) is 0.259. The molecule has 0 unspecified atom stereocenters. The molecule has 0 saturated carbocycles. The fraction of sp³-hybridized carbons (Fsp3) is 0.625. The molecular weight excluding hydrogens is 158 g/mol. The summed E-state index contributed by atoms with van der Waals surface area (Å²) in [5.41, 5.74) is 0. The summed E-state index contributed by atoms with van der Waals surface area (Å²) in [6, 6.07) is 0. The molecule has 0 aromatic carbocycles. The van der Waals surface area contributed by atoms with Crippen LogP contribution in [0.5, 0.6) is 0 Å². The summed E-state index contributed by atoms with van der Waals surface area (Å²) >= 11 is 0. The van der Waals surface area contributed by atoms with E-state index in [0.29, 0.717) is 12.6 Å². The predicted molar refractivity (Wildman–Crippen MR) is 45.7 cm³/mol. The molecule has 0 aromatic rings. The highest BCUT2D eigenvalue weighted by Gasteiger charge is 2.04. The lowest BCUT2D eigenvalue weighted by molar-refractivity contribution is -0.132. The van der Waals surface area contributed by atoms with Crippen LogP contribution in [-0.2, 0) is 14.4 Å². The van der Waals surface area contributed by atoms with Gasteiger partial charge in [0.05, 0.1) is 13.1 Å². The van der Waals surface area contributed by atoms with Crippen molar-refractivity contribution in [3.8, 4) is 0 Å². The standard InChI is InChI=1S/C6H9NO3.C2H6/c1-6(10)7(2-4-8)3-5-9;1-2/h4-5H,2-3H2,1H3;1-2H3. The second-order valence-electron chi connectivity index (χ2n) is 1.76. The average molecular weight is 173 g/mol. The number of aldehydes is 2. The Morgan fingerprint density at radius 1 is 1.17 bits per heavy atom. The van der Waals surface area contributed by atoms with Crippen LogP contribution in [0.4, 0.5) is 0 Å². The van der Waals surface area contributed by atoms with E-state index in [4.69, 9.17) is 0 Å². The molecule has 0 aromatic heterocycles. The van der Waals surface area contributed by atoms with E-state index in [2.05, 4.69) is 0 Å². The molecule has 0 heterocycles. The molecule has 0 aliphatic heterocycles. The van der Waals surface area contributed by atoms with Gasteiger partial charge in [0.1, 0.15) is 12.6 Å². The van der Waals surface area contributed by atoms with Gasteiger partial charge in [0, 0.05) is 6.92 Å². The van der Waals surface area contributed by atoms with Gasteiger partial charge in [0.15, 0.2) is 0 Å². The van der Waals surface area contributed by atoms with Crippen LogP contribution in [0.2, 0.25) is 0 Å². The molecule has 1 amide bonds. The molecular formula is C8H15NO3. The van der Waals surface area contributed by atoms with Crippen LogP contribution < -0.4 is 0 Å². The van der Waals surface area contributed by atoms with Crippen LogP contribution in [0.15, 0.2) is 0 Å². The molecule has 12 heavy (non-hydrogen) atoms. The van der Waals surface area contributed by atoms with Gasteiger partial charge in [-0.1, -0.05) is 13.8 Å². The Kier molecular flexibility index (Phi) is 11.0. The number of carbonyl (C=O) groups is 3. The zero-order valence-corrected chi connectivity index (χ0v) is 7.74. The van der Waals surface area contributed by atoms with Gasteiger partial charge in [-0.2, -0.15) is 0 Å². The maximum Gasteiger partial charge on any atom is 0.220 e. The molecule has 0 radical (unpaired) electrons. The first-order chi connectivity index (χ1) is 5.72. The van der Waals surface area contributed by atoms with Gasteiger partial charge in [-0.05, 0) is 0 Å². The first kappa shape index (κ1) is 13.4. The Hall–Kier alpha value is -1.19. The van der Waals surface area contributed by atoms with E-state index < -0.39 is 0 Å². The zero-order chi connectivity index (χ0) is 9.98. The maximum atomic E-state index is 10.5. The van der Waals surface area contributed by atoms with E-state index in [1.807, 2.05) is 13.8 Å². The lowest BCUT2D eigenvalue weighted by Crippen LogP contribution is -2.31. The molecule has 4 nitrogen and oxygen atoms in total. The van der Waals surface area contributed by atoms with Gasteiger partial charge < -0.3 is 14.5 Å². The van der Waals surface area contributed by atoms with Crippen LogP contribution in [0.25, 0.3) is 0 Å². The molecule has 0 atom stereocenters. The molecule has 4 heteroatoms.